The summed E-state index contributed by atoms with van der Waals surface area (Å²) in [4.78, 5) is 77.6. The summed E-state index contributed by atoms with van der Waals surface area (Å²) >= 11 is 0. The topological polar surface area (TPSA) is 153 Å². The second kappa shape index (κ2) is 16.4. The SMILES string of the molecule is C=C[C@@H]1C[C@]1(CC(=O)[C@@H]1C[C@@]2(CN1C(=O)[C@@H](CC(=O)[C@@H](NC(=O)[C@@H]1CCCN1C1CCCC1)C1CCCCC1)C(C)(C)C)C(C)(C)C21CCC1)C(=O)NS(=O)(=O)N1CCCC1. The van der Waals surface area contributed by atoms with Crippen molar-refractivity contribution >= 4 is 39.5 Å². The van der Waals surface area contributed by atoms with Crippen LogP contribution in [0, 0.1) is 44.8 Å². The third-order valence-corrected chi connectivity index (χ3v) is 19.8. The third-order valence-electron chi connectivity index (χ3n) is 18.4. The van der Waals surface area contributed by atoms with E-state index >= 15 is 4.79 Å². The standard InChI is InChI=1S/C48H75N5O7S/c1-7-33-28-46(33,43(58)50-61(59,60)51-24-13-14-25-51)30-39(55)37-29-48(45(5,6)47(48)22-16-23-47)31-53(37)42(57)35(44(2,3)4)27-38(54)40(32-17-9-8-10-18-32)49-41(56)36-21-15-26-52(36)34-19-11-12-20-34/h7,32-37,40H,1,8-31H2,2-6H3,(H,49,56)(H,50,58)/t33-,35-,36+,37+,40+,46-,48-/m1/s1. The number of likely N-dealkylation sites (tertiary alicyclic amines) is 2. The van der Waals surface area contributed by atoms with Gasteiger partial charge in [-0.05, 0) is 112 Å². The van der Waals surface area contributed by atoms with E-state index in [-0.39, 0.29) is 70.3 Å². The number of rotatable bonds is 15. The average molecular weight is 866 g/mol. The number of carbonyl (C=O) groups is 5. The van der Waals surface area contributed by atoms with Crippen LogP contribution in [-0.4, -0.2) is 102 Å². The summed E-state index contributed by atoms with van der Waals surface area (Å²) in [6, 6.07) is -1.27. The number of allylic oxidation sites excluding steroid dienone is 1. The number of carbonyl (C=O) groups excluding carboxylic acids is 5. The average Bonchev–Trinajstić information content (AvgIpc) is 3.75. The molecule has 0 unspecified atom stereocenters. The molecule has 8 aliphatic rings. The van der Waals surface area contributed by atoms with E-state index in [1.165, 1.54) is 17.1 Å². The molecule has 2 N–H and O–H groups in total. The molecule has 5 saturated carbocycles. The van der Waals surface area contributed by atoms with Crippen molar-refractivity contribution in [2.75, 3.05) is 26.2 Å². The van der Waals surface area contributed by atoms with Gasteiger partial charge in [-0.1, -0.05) is 79.2 Å². The lowest BCUT2D eigenvalue weighted by Crippen LogP contribution is -2.55. The Hall–Kier alpha value is -2.64. The summed E-state index contributed by atoms with van der Waals surface area (Å²) in [5.74, 6) is -2.34. The Morgan fingerprint density at radius 3 is 2.03 bits per heavy atom. The first-order valence-corrected chi connectivity index (χ1v) is 25.6. The molecule has 8 fully saturated rings. The van der Waals surface area contributed by atoms with Crippen molar-refractivity contribution in [3.05, 3.63) is 12.7 Å². The van der Waals surface area contributed by atoms with Gasteiger partial charge in [0.2, 0.25) is 17.7 Å². The van der Waals surface area contributed by atoms with Crippen molar-refractivity contribution in [3.8, 4) is 0 Å². The largest absolute Gasteiger partial charge is 0.345 e. The lowest BCUT2D eigenvalue weighted by Gasteiger charge is -2.37. The number of hydrogen-bond acceptors (Lipinski definition) is 8. The summed E-state index contributed by atoms with van der Waals surface area (Å²) in [7, 11) is -4.06. The smallest absolute Gasteiger partial charge is 0.303 e. The molecule has 0 aromatic heterocycles. The molecular weight excluding hydrogens is 791 g/mol. The van der Waals surface area contributed by atoms with E-state index in [0.717, 1.165) is 96.4 Å². The highest BCUT2D eigenvalue weighted by molar-refractivity contribution is 7.87. The Bertz CT molecular complexity index is 1870. The molecule has 0 bridgehead atoms. The second-order valence-corrected chi connectivity index (χ2v) is 24.2. The minimum atomic E-state index is -4.06. The van der Waals surface area contributed by atoms with Gasteiger partial charge in [0.25, 0.3) is 0 Å². The van der Waals surface area contributed by atoms with Gasteiger partial charge < -0.3 is 10.2 Å². The van der Waals surface area contributed by atoms with Crippen molar-refractivity contribution in [2.45, 2.75) is 187 Å². The molecule has 3 saturated heterocycles. The Balaban J connectivity index is 1.05. The predicted molar refractivity (Wildman–Crippen MR) is 234 cm³/mol. The second-order valence-electron chi connectivity index (χ2n) is 22.5. The number of amides is 3. The zero-order valence-electron chi connectivity index (χ0n) is 37.9. The lowest BCUT2D eigenvalue weighted by molar-refractivity contribution is -0.147. The number of nitrogens with zero attached hydrogens (tertiary/aromatic N) is 3. The quantitative estimate of drug-likeness (QED) is 0.178. The van der Waals surface area contributed by atoms with Gasteiger partial charge in [-0.15, -0.1) is 6.58 Å². The van der Waals surface area contributed by atoms with E-state index in [2.05, 4.69) is 35.4 Å². The molecule has 12 nitrogen and oxygen atoms in total. The monoisotopic (exact) mass is 866 g/mol. The van der Waals surface area contributed by atoms with Gasteiger partial charge in [-0.3, -0.25) is 28.9 Å². The number of ketones is 2. The highest BCUT2D eigenvalue weighted by atomic mass is 32.2. The molecule has 7 atom stereocenters. The number of Topliss-reactive ketones (excluding diaryl/α,β-unsaturated/α-hetero) is 2. The Morgan fingerprint density at radius 2 is 1.46 bits per heavy atom. The molecule has 13 heteroatoms. The van der Waals surface area contributed by atoms with Crippen LogP contribution in [0.1, 0.15) is 163 Å². The molecule has 3 amide bonds. The van der Waals surface area contributed by atoms with Gasteiger partial charge in [0.05, 0.1) is 23.5 Å². The summed E-state index contributed by atoms with van der Waals surface area (Å²) in [5, 5.41) is 3.32. The van der Waals surface area contributed by atoms with Crippen LogP contribution in [0.4, 0.5) is 0 Å². The Labute approximate surface area is 365 Å². The summed E-state index contributed by atoms with van der Waals surface area (Å²) in [6.07, 6.45) is 18.2. The minimum absolute atomic E-state index is 0.0188. The fourth-order valence-corrected chi connectivity index (χ4v) is 15.5. The molecule has 2 spiro atoms. The van der Waals surface area contributed by atoms with Crippen molar-refractivity contribution in [1.82, 2.24) is 24.1 Å². The first-order chi connectivity index (χ1) is 28.8. The molecule has 3 heterocycles. The zero-order valence-corrected chi connectivity index (χ0v) is 38.7. The summed E-state index contributed by atoms with van der Waals surface area (Å²) in [6.45, 7) is 16.5. The lowest BCUT2D eigenvalue weighted by atomic mass is 9.73. The molecule has 0 aromatic rings. The number of nitrogens with one attached hydrogen (secondary N) is 2. The van der Waals surface area contributed by atoms with Crippen LogP contribution >= 0.6 is 0 Å². The Kier molecular flexibility index (Phi) is 12.1. The predicted octanol–water partition coefficient (Wildman–Crippen LogP) is 6.49. The van der Waals surface area contributed by atoms with Crippen molar-refractivity contribution in [2.24, 2.45) is 44.8 Å². The summed E-state index contributed by atoms with van der Waals surface area (Å²) in [5.41, 5.74) is -2.21. The summed E-state index contributed by atoms with van der Waals surface area (Å²) < 4.78 is 30.1. The molecular formula is C48H75N5O7S. The third kappa shape index (κ3) is 7.67. The first-order valence-electron chi connectivity index (χ1n) is 24.2. The van der Waals surface area contributed by atoms with E-state index < -0.39 is 44.9 Å². The van der Waals surface area contributed by atoms with Gasteiger partial charge in [-0.2, -0.15) is 12.7 Å². The molecule has 61 heavy (non-hydrogen) atoms. The van der Waals surface area contributed by atoms with Gasteiger partial charge >= 0.3 is 10.2 Å². The van der Waals surface area contributed by atoms with Crippen LogP contribution < -0.4 is 10.0 Å². The molecule has 0 radical (unpaired) electrons. The van der Waals surface area contributed by atoms with Gasteiger partial charge in [0.15, 0.2) is 11.6 Å². The molecule has 5 aliphatic carbocycles. The van der Waals surface area contributed by atoms with Crippen molar-refractivity contribution in [1.29, 1.82) is 0 Å². The molecule has 8 rings (SSSR count). The van der Waals surface area contributed by atoms with Crippen LogP contribution in [-0.2, 0) is 34.2 Å². The van der Waals surface area contributed by atoms with Crippen LogP contribution in [0.5, 0.6) is 0 Å². The minimum Gasteiger partial charge on any atom is -0.345 e. The van der Waals surface area contributed by atoms with E-state index in [4.69, 9.17) is 0 Å². The van der Waals surface area contributed by atoms with E-state index in [1.807, 2.05) is 20.8 Å². The van der Waals surface area contributed by atoms with Gasteiger partial charge in [-0.25, -0.2) is 4.72 Å². The highest BCUT2D eigenvalue weighted by Crippen LogP contribution is 2.88. The molecule has 0 aromatic carbocycles. The molecule has 340 valence electrons. The van der Waals surface area contributed by atoms with Crippen molar-refractivity contribution in [3.63, 3.8) is 0 Å². The van der Waals surface area contributed by atoms with Crippen LogP contribution in [0.25, 0.3) is 0 Å². The maximum atomic E-state index is 15.4. The van der Waals surface area contributed by atoms with Crippen LogP contribution in [0.2, 0.25) is 0 Å². The fourth-order valence-electron chi connectivity index (χ4n) is 14.2. The molecule has 3 aliphatic heterocycles. The van der Waals surface area contributed by atoms with E-state index in [1.54, 1.807) is 11.0 Å². The highest BCUT2D eigenvalue weighted by Gasteiger charge is 2.85. The van der Waals surface area contributed by atoms with E-state index in [9.17, 15) is 27.6 Å². The normalized spacial score (nSPS) is 33.7. The van der Waals surface area contributed by atoms with Crippen molar-refractivity contribution < 1.29 is 32.4 Å². The van der Waals surface area contributed by atoms with Crippen LogP contribution in [0.15, 0.2) is 12.7 Å². The number of hydrogen-bond donors (Lipinski definition) is 2. The fraction of sp³-hybridized carbons (Fsp3) is 0.854. The number of fused-ring (bicyclic) bond motifs is 1. The van der Waals surface area contributed by atoms with E-state index in [0.29, 0.717) is 38.5 Å². The van der Waals surface area contributed by atoms with Gasteiger partial charge in [0, 0.05) is 49.9 Å². The van der Waals surface area contributed by atoms with Crippen LogP contribution in [0.3, 0.4) is 0 Å². The van der Waals surface area contributed by atoms with Gasteiger partial charge in [0.1, 0.15) is 0 Å². The zero-order chi connectivity index (χ0) is 43.8. The maximum absolute atomic E-state index is 15.4. The first kappa shape index (κ1) is 44.9. The Morgan fingerprint density at radius 1 is 0.803 bits per heavy atom. The maximum Gasteiger partial charge on any atom is 0.303 e.